The summed E-state index contributed by atoms with van der Waals surface area (Å²) in [6, 6.07) is 0.144. The van der Waals surface area contributed by atoms with Gasteiger partial charge in [-0.15, -0.1) is 0 Å². The third kappa shape index (κ3) is 5.38. The summed E-state index contributed by atoms with van der Waals surface area (Å²) >= 11 is 0. The molecule has 0 aliphatic heterocycles. The van der Waals surface area contributed by atoms with Gasteiger partial charge in [-0.05, 0) is 27.7 Å². The van der Waals surface area contributed by atoms with Crippen LogP contribution in [0, 0.1) is 0 Å². The summed E-state index contributed by atoms with van der Waals surface area (Å²) in [7, 11) is 0. The first-order valence-electron chi connectivity index (χ1n) is 6.91. The average Bonchev–Trinajstić information content (AvgIpc) is 2.45. The summed E-state index contributed by atoms with van der Waals surface area (Å²) in [5.41, 5.74) is 2.34. The number of ether oxygens (including phenoxy) is 1. The number of rotatable bonds is 8. The molecule has 0 fully saturated rings. The SMILES string of the molecule is CCN(CC)C(=O)CNc1nc(NN)nc(OC(C)C)n1. The maximum absolute atomic E-state index is 11.9. The molecule has 0 saturated carbocycles. The van der Waals surface area contributed by atoms with Crippen LogP contribution in [0.4, 0.5) is 11.9 Å². The lowest BCUT2D eigenvalue weighted by atomic mass is 10.4. The number of carbonyl (C=O) groups excluding carboxylic acids is 1. The lowest BCUT2D eigenvalue weighted by Gasteiger charge is -2.18. The Hall–Kier alpha value is -2.16. The Kier molecular flexibility index (Phi) is 6.60. The topological polar surface area (TPSA) is 118 Å². The molecule has 0 bridgehead atoms. The van der Waals surface area contributed by atoms with Crippen molar-refractivity contribution < 1.29 is 9.53 Å². The first kappa shape index (κ1) is 16.9. The molecule has 0 aromatic carbocycles. The van der Waals surface area contributed by atoms with E-state index >= 15 is 0 Å². The van der Waals surface area contributed by atoms with Crippen LogP contribution < -0.4 is 21.3 Å². The summed E-state index contributed by atoms with van der Waals surface area (Å²) in [5.74, 6) is 5.67. The van der Waals surface area contributed by atoms with E-state index in [1.165, 1.54) is 0 Å². The van der Waals surface area contributed by atoms with Crippen molar-refractivity contribution in [1.29, 1.82) is 0 Å². The minimum Gasteiger partial charge on any atom is -0.461 e. The minimum absolute atomic E-state index is 0.0333. The highest BCUT2D eigenvalue weighted by molar-refractivity contribution is 5.80. The molecule has 0 spiro atoms. The largest absolute Gasteiger partial charge is 0.461 e. The van der Waals surface area contributed by atoms with Crippen LogP contribution in [-0.2, 0) is 4.79 Å². The molecule has 0 atom stereocenters. The molecule has 0 aliphatic carbocycles. The number of anilines is 2. The molecular weight excluding hydrogens is 274 g/mol. The van der Waals surface area contributed by atoms with Crippen LogP contribution in [0.5, 0.6) is 6.01 Å². The maximum Gasteiger partial charge on any atom is 0.323 e. The molecule has 21 heavy (non-hydrogen) atoms. The van der Waals surface area contributed by atoms with Crippen molar-refractivity contribution in [3.05, 3.63) is 0 Å². The van der Waals surface area contributed by atoms with E-state index in [-0.39, 0.29) is 36.5 Å². The summed E-state index contributed by atoms with van der Waals surface area (Å²) in [5, 5.41) is 2.85. The van der Waals surface area contributed by atoms with E-state index in [1.54, 1.807) is 4.90 Å². The maximum atomic E-state index is 11.9. The number of likely N-dealkylation sites (N-methyl/N-ethyl adjacent to an activating group) is 1. The first-order valence-corrected chi connectivity index (χ1v) is 6.91. The molecule has 0 unspecified atom stereocenters. The number of hydrazine groups is 1. The van der Waals surface area contributed by atoms with Crippen molar-refractivity contribution in [3.63, 3.8) is 0 Å². The van der Waals surface area contributed by atoms with Crippen molar-refractivity contribution in [2.75, 3.05) is 30.4 Å². The molecule has 0 radical (unpaired) electrons. The molecule has 9 heteroatoms. The second-order valence-electron chi connectivity index (χ2n) is 4.50. The normalized spacial score (nSPS) is 10.4. The quantitative estimate of drug-likeness (QED) is 0.461. The number of hydrogen-bond donors (Lipinski definition) is 3. The zero-order valence-electron chi connectivity index (χ0n) is 12.9. The van der Waals surface area contributed by atoms with E-state index in [4.69, 9.17) is 10.6 Å². The van der Waals surface area contributed by atoms with Crippen LogP contribution in [0.25, 0.3) is 0 Å². The van der Waals surface area contributed by atoms with Crippen LogP contribution >= 0.6 is 0 Å². The molecule has 0 saturated heterocycles. The summed E-state index contributed by atoms with van der Waals surface area (Å²) < 4.78 is 5.40. The number of nitrogen functional groups attached to an aromatic ring is 1. The Balaban J connectivity index is 2.75. The van der Waals surface area contributed by atoms with E-state index in [9.17, 15) is 4.79 Å². The fraction of sp³-hybridized carbons (Fsp3) is 0.667. The van der Waals surface area contributed by atoms with Crippen LogP contribution in [0.1, 0.15) is 27.7 Å². The first-order chi connectivity index (χ1) is 9.99. The number of nitrogens with two attached hydrogens (primary N) is 1. The smallest absolute Gasteiger partial charge is 0.323 e. The number of hydrogen-bond acceptors (Lipinski definition) is 8. The Morgan fingerprint density at radius 1 is 1.24 bits per heavy atom. The van der Waals surface area contributed by atoms with Crippen molar-refractivity contribution >= 4 is 17.8 Å². The molecule has 118 valence electrons. The van der Waals surface area contributed by atoms with Crippen molar-refractivity contribution in [1.82, 2.24) is 19.9 Å². The van der Waals surface area contributed by atoms with Crippen molar-refractivity contribution in [2.45, 2.75) is 33.8 Å². The second-order valence-corrected chi connectivity index (χ2v) is 4.50. The monoisotopic (exact) mass is 297 g/mol. The average molecular weight is 297 g/mol. The van der Waals surface area contributed by atoms with Gasteiger partial charge in [-0.3, -0.25) is 10.2 Å². The van der Waals surface area contributed by atoms with Gasteiger partial charge in [-0.25, -0.2) is 5.84 Å². The van der Waals surface area contributed by atoms with Crippen molar-refractivity contribution in [2.24, 2.45) is 5.84 Å². The van der Waals surface area contributed by atoms with Crippen molar-refractivity contribution in [3.8, 4) is 6.01 Å². The number of amides is 1. The molecule has 4 N–H and O–H groups in total. The molecule has 1 rings (SSSR count). The Labute approximate surface area is 124 Å². The van der Waals surface area contributed by atoms with Gasteiger partial charge in [0.15, 0.2) is 0 Å². The molecule has 1 aromatic rings. The highest BCUT2D eigenvalue weighted by Crippen LogP contribution is 2.11. The summed E-state index contributed by atoms with van der Waals surface area (Å²) in [6.07, 6.45) is -0.0804. The molecule has 9 nitrogen and oxygen atoms in total. The van der Waals surface area contributed by atoms with Crippen LogP contribution in [0.15, 0.2) is 0 Å². The number of aromatic nitrogens is 3. The number of nitrogens with zero attached hydrogens (tertiary/aromatic N) is 4. The fourth-order valence-corrected chi connectivity index (χ4v) is 1.61. The van der Waals surface area contributed by atoms with Crippen LogP contribution in [0.3, 0.4) is 0 Å². The van der Waals surface area contributed by atoms with Gasteiger partial charge >= 0.3 is 6.01 Å². The molecule has 0 aliphatic rings. The van der Waals surface area contributed by atoms with Gasteiger partial charge in [0.2, 0.25) is 17.8 Å². The second kappa shape index (κ2) is 8.20. The predicted molar refractivity (Wildman–Crippen MR) is 79.8 cm³/mol. The van der Waals surface area contributed by atoms with Gasteiger partial charge < -0.3 is 15.0 Å². The number of carbonyl (C=O) groups is 1. The lowest BCUT2D eigenvalue weighted by Crippen LogP contribution is -2.35. The van der Waals surface area contributed by atoms with Gasteiger partial charge in [0.25, 0.3) is 0 Å². The van der Waals surface area contributed by atoms with E-state index in [1.807, 2.05) is 27.7 Å². The van der Waals surface area contributed by atoms with Crippen LogP contribution in [-0.4, -0.2) is 51.5 Å². The Morgan fingerprint density at radius 2 is 1.86 bits per heavy atom. The third-order valence-corrected chi connectivity index (χ3v) is 2.60. The predicted octanol–water partition coefficient (Wildman–Crippen LogP) is 0.225. The highest BCUT2D eigenvalue weighted by Gasteiger charge is 2.12. The fourth-order valence-electron chi connectivity index (χ4n) is 1.61. The van der Waals surface area contributed by atoms with Gasteiger partial charge in [0.1, 0.15) is 0 Å². The van der Waals surface area contributed by atoms with Gasteiger partial charge in [0.05, 0.1) is 12.6 Å². The summed E-state index contributed by atoms with van der Waals surface area (Å²) in [4.78, 5) is 25.7. The van der Waals surface area contributed by atoms with E-state index in [0.717, 1.165) is 0 Å². The standard InChI is InChI=1S/C12H23N7O2/c1-5-19(6-2)9(20)7-14-10-15-11(18-13)17-12(16-10)21-8(3)4/h8H,5-7,13H2,1-4H3,(H2,14,15,16,17,18). The molecule has 1 aromatic heterocycles. The minimum atomic E-state index is -0.0804. The highest BCUT2D eigenvalue weighted by atomic mass is 16.5. The molecular formula is C12H23N7O2. The number of nitrogens with one attached hydrogen (secondary N) is 2. The van der Waals surface area contributed by atoms with E-state index in [0.29, 0.717) is 13.1 Å². The third-order valence-electron chi connectivity index (χ3n) is 2.60. The molecule has 1 heterocycles. The molecule has 1 amide bonds. The summed E-state index contributed by atoms with van der Waals surface area (Å²) in [6.45, 7) is 8.98. The van der Waals surface area contributed by atoms with E-state index in [2.05, 4.69) is 25.7 Å². The van der Waals surface area contributed by atoms with E-state index < -0.39 is 0 Å². The van der Waals surface area contributed by atoms with Gasteiger partial charge in [0, 0.05) is 13.1 Å². The van der Waals surface area contributed by atoms with Gasteiger partial charge in [-0.2, -0.15) is 15.0 Å². The Bertz CT molecular complexity index is 463. The van der Waals surface area contributed by atoms with Crippen LogP contribution in [0.2, 0.25) is 0 Å². The van der Waals surface area contributed by atoms with Gasteiger partial charge in [-0.1, -0.05) is 0 Å². The lowest BCUT2D eigenvalue weighted by molar-refractivity contribution is -0.128. The zero-order valence-corrected chi connectivity index (χ0v) is 12.9. The Morgan fingerprint density at radius 3 is 2.38 bits per heavy atom. The zero-order chi connectivity index (χ0) is 15.8.